The van der Waals surface area contributed by atoms with Gasteiger partial charge in [0.15, 0.2) is 5.16 Å². The summed E-state index contributed by atoms with van der Waals surface area (Å²) in [6, 6.07) is 0. The third-order valence-corrected chi connectivity index (χ3v) is 3.69. The molecule has 0 amide bonds. The smallest absolute Gasteiger partial charge is 0.189 e. The van der Waals surface area contributed by atoms with Crippen LogP contribution >= 0.6 is 11.8 Å². The predicted octanol–water partition coefficient (Wildman–Crippen LogP) is 1.69. The molecular formula is C12H20N4S. The summed E-state index contributed by atoms with van der Waals surface area (Å²) in [6.07, 6.45) is 3.07. The molecule has 1 aromatic rings. The van der Waals surface area contributed by atoms with Crippen molar-refractivity contribution in [2.45, 2.75) is 32.0 Å². The van der Waals surface area contributed by atoms with Crippen LogP contribution in [0.4, 0.5) is 5.82 Å². The van der Waals surface area contributed by atoms with E-state index in [9.17, 15) is 0 Å². The second-order valence-electron chi connectivity index (χ2n) is 4.06. The van der Waals surface area contributed by atoms with Crippen molar-refractivity contribution in [3.8, 4) is 0 Å². The van der Waals surface area contributed by atoms with Crippen LogP contribution in [0.5, 0.6) is 0 Å². The summed E-state index contributed by atoms with van der Waals surface area (Å²) in [7, 11) is 0. The van der Waals surface area contributed by atoms with Crippen molar-refractivity contribution in [3.05, 3.63) is 11.3 Å². The van der Waals surface area contributed by atoms with Gasteiger partial charge in [-0.05, 0) is 33.1 Å². The summed E-state index contributed by atoms with van der Waals surface area (Å²) in [6.45, 7) is 8.26. The van der Waals surface area contributed by atoms with E-state index in [2.05, 4.69) is 29.0 Å². The molecule has 0 saturated heterocycles. The standard InChI is InChI=1S/C12H20N4S/c1-4-16(5-2)11-9-6-7-13-8-10(9)14-12(15-11)17-3/h13H,4-8H2,1-3H3. The molecule has 2 rings (SSSR count). The first kappa shape index (κ1) is 12.6. The van der Waals surface area contributed by atoms with E-state index < -0.39 is 0 Å². The molecule has 0 aliphatic carbocycles. The molecule has 0 spiro atoms. The first-order valence-electron chi connectivity index (χ1n) is 6.19. The summed E-state index contributed by atoms with van der Waals surface area (Å²) in [5.41, 5.74) is 2.52. The monoisotopic (exact) mass is 252 g/mol. The Hall–Kier alpha value is -0.810. The van der Waals surface area contributed by atoms with Gasteiger partial charge < -0.3 is 10.2 Å². The molecule has 1 N–H and O–H groups in total. The molecule has 1 aliphatic rings. The molecule has 4 nitrogen and oxygen atoms in total. The molecule has 0 fully saturated rings. The second-order valence-corrected chi connectivity index (χ2v) is 4.83. The van der Waals surface area contributed by atoms with Crippen LogP contribution in [-0.4, -0.2) is 35.9 Å². The minimum Gasteiger partial charge on any atom is -0.357 e. The first-order chi connectivity index (χ1) is 8.30. The van der Waals surface area contributed by atoms with Crippen molar-refractivity contribution in [2.75, 3.05) is 30.8 Å². The van der Waals surface area contributed by atoms with E-state index in [-0.39, 0.29) is 0 Å². The largest absolute Gasteiger partial charge is 0.357 e. The van der Waals surface area contributed by atoms with Crippen molar-refractivity contribution < 1.29 is 0 Å². The number of fused-ring (bicyclic) bond motifs is 1. The van der Waals surface area contributed by atoms with Gasteiger partial charge in [0, 0.05) is 25.2 Å². The topological polar surface area (TPSA) is 41.1 Å². The van der Waals surface area contributed by atoms with Gasteiger partial charge >= 0.3 is 0 Å². The zero-order valence-electron chi connectivity index (χ0n) is 10.8. The van der Waals surface area contributed by atoms with Gasteiger partial charge in [-0.15, -0.1) is 0 Å². The highest BCUT2D eigenvalue weighted by Gasteiger charge is 2.19. The quantitative estimate of drug-likeness (QED) is 0.652. The van der Waals surface area contributed by atoms with Crippen LogP contribution < -0.4 is 10.2 Å². The summed E-state index contributed by atoms with van der Waals surface area (Å²) in [5.74, 6) is 1.14. The van der Waals surface area contributed by atoms with E-state index in [4.69, 9.17) is 4.98 Å². The lowest BCUT2D eigenvalue weighted by Gasteiger charge is -2.26. The fraction of sp³-hybridized carbons (Fsp3) is 0.667. The first-order valence-corrected chi connectivity index (χ1v) is 7.42. The summed E-state index contributed by atoms with van der Waals surface area (Å²) in [5, 5.41) is 4.26. The lowest BCUT2D eigenvalue weighted by molar-refractivity contribution is 0.608. The van der Waals surface area contributed by atoms with Gasteiger partial charge in [-0.1, -0.05) is 11.8 Å². The Bertz CT molecular complexity index is 390. The van der Waals surface area contributed by atoms with Crippen molar-refractivity contribution in [1.82, 2.24) is 15.3 Å². The highest BCUT2D eigenvalue weighted by atomic mass is 32.2. The molecule has 2 heterocycles. The SMILES string of the molecule is CCN(CC)c1nc(SC)nc2c1CCNC2. The van der Waals surface area contributed by atoms with E-state index >= 15 is 0 Å². The van der Waals surface area contributed by atoms with Gasteiger partial charge in [-0.2, -0.15) is 0 Å². The predicted molar refractivity (Wildman–Crippen MR) is 72.8 cm³/mol. The maximum atomic E-state index is 4.70. The second kappa shape index (κ2) is 5.69. The average Bonchev–Trinajstić information content (AvgIpc) is 2.39. The fourth-order valence-electron chi connectivity index (χ4n) is 2.19. The van der Waals surface area contributed by atoms with Crippen LogP contribution in [0.15, 0.2) is 5.16 Å². The number of hydrogen-bond acceptors (Lipinski definition) is 5. The van der Waals surface area contributed by atoms with E-state index in [0.717, 1.165) is 43.6 Å². The minimum absolute atomic E-state index is 0.875. The average molecular weight is 252 g/mol. The van der Waals surface area contributed by atoms with Crippen molar-refractivity contribution >= 4 is 17.6 Å². The van der Waals surface area contributed by atoms with Crippen LogP contribution in [0, 0.1) is 0 Å². The van der Waals surface area contributed by atoms with E-state index in [0.29, 0.717) is 0 Å². The molecule has 1 aromatic heterocycles. The molecule has 0 atom stereocenters. The lowest BCUT2D eigenvalue weighted by Crippen LogP contribution is -2.31. The lowest BCUT2D eigenvalue weighted by atomic mass is 10.1. The molecule has 94 valence electrons. The van der Waals surface area contributed by atoms with Gasteiger partial charge in [0.1, 0.15) is 5.82 Å². The van der Waals surface area contributed by atoms with Gasteiger partial charge in [0.25, 0.3) is 0 Å². The van der Waals surface area contributed by atoms with E-state index in [1.807, 2.05) is 6.26 Å². The van der Waals surface area contributed by atoms with Crippen LogP contribution in [0.3, 0.4) is 0 Å². The fourth-order valence-corrected chi connectivity index (χ4v) is 2.57. The molecule has 5 heteroatoms. The summed E-state index contributed by atoms with van der Waals surface area (Å²) < 4.78 is 0. The van der Waals surface area contributed by atoms with Crippen molar-refractivity contribution in [1.29, 1.82) is 0 Å². The molecule has 0 saturated carbocycles. The highest BCUT2D eigenvalue weighted by molar-refractivity contribution is 7.98. The van der Waals surface area contributed by atoms with Crippen molar-refractivity contribution in [2.24, 2.45) is 0 Å². The Morgan fingerprint density at radius 2 is 2.06 bits per heavy atom. The van der Waals surface area contributed by atoms with E-state index in [1.165, 1.54) is 11.3 Å². The normalized spacial score (nSPS) is 14.5. The number of nitrogens with one attached hydrogen (secondary N) is 1. The Labute approximate surface area is 107 Å². The van der Waals surface area contributed by atoms with Gasteiger partial charge in [-0.25, -0.2) is 9.97 Å². The third kappa shape index (κ3) is 2.55. The van der Waals surface area contributed by atoms with Gasteiger partial charge in [-0.3, -0.25) is 0 Å². The Morgan fingerprint density at radius 1 is 1.29 bits per heavy atom. The number of anilines is 1. The van der Waals surface area contributed by atoms with Gasteiger partial charge in [0.2, 0.25) is 0 Å². The maximum absolute atomic E-state index is 4.70. The van der Waals surface area contributed by atoms with Gasteiger partial charge in [0.05, 0.1) is 5.69 Å². The van der Waals surface area contributed by atoms with Crippen LogP contribution in [-0.2, 0) is 13.0 Å². The molecular weight excluding hydrogens is 232 g/mol. The molecule has 0 radical (unpaired) electrons. The van der Waals surface area contributed by atoms with Crippen LogP contribution in [0.25, 0.3) is 0 Å². The Balaban J connectivity index is 2.47. The number of thioether (sulfide) groups is 1. The minimum atomic E-state index is 0.875. The number of nitrogens with zero attached hydrogens (tertiary/aromatic N) is 3. The molecule has 0 unspecified atom stereocenters. The van der Waals surface area contributed by atoms with Crippen LogP contribution in [0.1, 0.15) is 25.1 Å². The number of hydrogen-bond donors (Lipinski definition) is 1. The molecule has 0 aromatic carbocycles. The zero-order valence-corrected chi connectivity index (χ0v) is 11.6. The Kier molecular flexibility index (Phi) is 4.23. The number of rotatable bonds is 4. The summed E-state index contributed by atoms with van der Waals surface area (Å²) >= 11 is 1.62. The third-order valence-electron chi connectivity index (χ3n) is 3.14. The highest BCUT2D eigenvalue weighted by Crippen LogP contribution is 2.26. The summed E-state index contributed by atoms with van der Waals surface area (Å²) in [4.78, 5) is 11.6. The van der Waals surface area contributed by atoms with E-state index in [1.54, 1.807) is 11.8 Å². The van der Waals surface area contributed by atoms with Crippen molar-refractivity contribution in [3.63, 3.8) is 0 Å². The number of aromatic nitrogens is 2. The maximum Gasteiger partial charge on any atom is 0.189 e. The zero-order chi connectivity index (χ0) is 12.3. The molecule has 0 bridgehead atoms. The van der Waals surface area contributed by atoms with Crippen LogP contribution in [0.2, 0.25) is 0 Å². The molecule has 1 aliphatic heterocycles. The Morgan fingerprint density at radius 3 is 2.71 bits per heavy atom. The molecule has 17 heavy (non-hydrogen) atoms.